The van der Waals surface area contributed by atoms with Crippen molar-refractivity contribution in [2.75, 3.05) is 0 Å². The summed E-state index contributed by atoms with van der Waals surface area (Å²) < 4.78 is 0. The lowest BCUT2D eigenvalue weighted by Gasteiger charge is -2.28. The van der Waals surface area contributed by atoms with Crippen molar-refractivity contribution in [1.82, 2.24) is 0 Å². The summed E-state index contributed by atoms with van der Waals surface area (Å²) in [7, 11) is 0. The molecule has 0 aromatic heterocycles. The average molecular weight is 151 g/mol. The van der Waals surface area contributed by atoms with Crippen LogP contribution in [0.25, 0.3) is 0 Å². The van der Waals surface area contributed by atoms with E-state index in [2.05, 4.69) is 0 Å². The average Bonchev–Trinajstić information content (AvgIpc) is 1.86. The van der Waals surface area contributed by atoms with Crippen molar-refractivity contribution in [2.24, 2.45) is 11.5 Å². The Balaban J connectivity index is 3.92. The Bertz CT molecular complexity index is 79.1. The first-order valence-corrected chi connectivity index (χ1v) is 3.69. The smallest absolute Gasteiger partial charge is 0.0982 e. The van der Waals surface area contributed by atoms with E-state index < -0.39 is 5.50 Å². The molecule has 0 saturated heterocycles. The Morgan fingerprint density at radius 1 is 1.44 bits per heavy atom. The highest BCUT2D eigenvalue weighted by Crippen LogP contribution is 2.16. The Morgan fingerprint density at radius 2 is 1.78 bits per heavy atom. The predicted octanol–water partition coefficient (Wildman–Crippen LogP) is 1.03. The second-order valence-corrected chi connectivity index (χ2v) is 2.81. The maximum Gasteiger partial charge on any atom is 0.0982 e. The molecule has 0 saturated carbocycles. The third-order valence-corrected chi connectivity index (χ3v) is 2.30. The van der Waals surface area contributed by atoms with Gasteiger partial charge in [-0.2, -0.15) is 0 Å². The van der Waals surface area contributed by atoms with Crippen molar-refractivity contribution in [1.29, 1.82) is 0 Å². The molecule has 0 aromatic rings. The number of hydrogen-bond acceptors (Lipinski definition) is 2. The van der Waals surface area contributed by atoms with Crippen LogP contribution in [0.3, 0.4) is 0 Å². The minimum absolute atomic E-state index is 0.373. The van der Waals surface area contributed by atoms with Crippen molar-refractivity contribution < 1.29 is 0 Å². The second kappa shape index (κ2) is 3.40. The lowest BCUT2D eigenvalue weighted by molar-refractivity contribution is 0.381. The van der Waals surface area contributed by atoms with Crippen molar-refractivity contribution in [2.45, 2.75) is 37.7 Å². The van der Waals surface area contributed by atoms with Crippen LogP contribution in [-0.4, -0.2) is 11.0 Å². The van der Waals surface area contributed by atoms with Crippen LogP contribution in [0.5, 0.6) is 0 Å². The van der Waals surface area contributed by atoms with E-state index in [0.717, 1.165) is 12.8 Å². The monoisotopic (exact) mass is 150 g/mol. The van der Waals surface area contributed by atoms with Crippen LogP contribution >= 0.6 is 11.6 Å². The molecule has 1 atom stereocenters. The van der Waals surface area contributed by atoms with Crippen molar-refractivity contribution >= 4 is 11.6 Å². The van der Waals surface area contributed by atoms with Gasteiger partial charge in [0.25, 0.3) is 0 Å². The Morgan fingerprint density at radius 3 is 1.78 bits per heavy atom. The molecule has 56 valence electrons. The zero-order valence-corrected chi connectivity index (χ0v) is 6.78. The van der Waals surface area contributed by atoms with Gasteiger partial charge in [-0.05, 0) is 12.8 Å². The summed E-state index contributed by atoms with van der Waals surface area (Å²) in [5, 5.41) is 0. The number of nitrogens with two attached hydrogens (primary N) is 2. The molecule has 0 aliphatic carbocycles. The van der Waals surface area contributed by atoms with Gasteiger partial charge in [-0.1, -0.05) is 13.8 Å². The molecule has 0 fully saturated rings. The van der Waals surface area contributed by atoms with Gasteiger partial charge in [0.05, 0.1) is 5.50 Å². The van der Waals surface area contributed by atoms with Crippen LogP contribution in [0.2, 0.25) is 0 Å². The summed E-state index contributed by atoms with van der Waals surface area (Å²) in [6.07, 6.45) is 1.66. The van der Waals surface area contributed by atoms with Gasteiger partial charge in [-0.15, -0.1) is 11.6 Å². The van der Waals surface area contributed by atoms with Crippen LogP contribution in [0.4, 0.5) is 0 Å². The molecule has 0 amide bonds. The first-order valence-electron chi connectivity index (χ1n) is 3.25. The number of hydrogen-bond donors (Lipinski definition) is 2. The summed E-state index contributed by atoms with van der Waals surface area (Å²) in [5.74, 6) is 0. The van der Waals surface area contributed by atoms with E-state index in [0.29, 0.717) is 0 Å². The molecule has 4 N–H and O–H groups in total. The highest BCUT2D eigenvalue weighted by atomic mass is 35.5. The number of halogens is 1. The first kappa shape index (κ1) is 9.21. The van der Waals surface area contributed by atoms with Crippen LogP contribution in [-0.2, 0) is 0 Å². The van der Waals surface area contributed by atoms with E-state index in [1.54, 1.807) is 0 Å². The summed E-state index contributed by atoms with van der Waals surface area (Å²) in [6, 6.07) is 0. The van der Waals surface area contributed by atoms with E-state index in [1.165, 1.54) is 0 Å². The standard InChI is InChI=1S/C6H15ClN2/c1-3-6(9,4-2)5(7)8/h5H,3-4,8-9H2,1-2H3. The fourth-order valence-electron chi connectivity index (χ4n) is 0.640. The molecular formula is C6H15ClN2. The third-order valence-electron chi connectivity index (χ3n) is 1.87. The summed E-state index contributed by atoms with van der Waals surface area (Å²) in [5.41, 5.74) is 10.4. The highest BCUT2D eigenvalue weighted by Gasteiger charge is 2.26. The molecule has 0 aromatic carbocycles. The highest BCUT2D eigenvalue weighted by molar-refractivity contribution is 6.21. The normalized spacial score (nSPS) is 15.7. The van der Waals surface area contributed by atoms with Gasteiger partial charge in [0.15, 0.2) is 0 Å². The van der Waals surface area contributed by atoms with Crippen molar-refractivity contribution in [3.8, 4) is 0 Å². The molecule has 9 heavy (non-hydrogen) atoms. The quantitative estimate of drug-likeness (QED) is 0.467. The topological polar surface area (TPSA) is 52.0 Å². The molecule has 2 nitrogen and oxygen atoms in total. The van der Waals surface area contributed by atoms with Crippen LogP contribution in [0, 0.1) is 0 Å². The van der Waals surface area contributed by atoms with E-state index in [9.17, 15) is 0 Å². The van der Waals surface area contributed by atoms with Crippen LogP contribution in [0.1, 0.15) is 26.7 Å². The van der Waals surface area contributed by atoms with E-state index >= 15 is 0 Å². The predicted molar refractivity (Wildman–Crippen MR) is 41.3 cm³/mol. The fourth-order valence-corrected chi connectivity index (χ4v) is 0.949. The van der Waals surface area contributed by atoms with E-state index in [1.807, 2.05) is 13.8 Å². The molecule has 0 radical (unpaired) electrons. The number of rotatable bonds is 3. The van der Waals surface area contributed by atoms with Gasteiger partial charge < -0.3 is 11.5 Å². The molecule has 0 aliphatic heterocycles. The van der Waals surface area contributed by atoms with Crippen molar-refractivity contribution in [3.05, 3.63) is 0 Å². The zero-order valence-electron chi connectivity index (χ0n) is 6.02. The molecule has 0 rings (SSSR count). The Hall–Kier alpha value is 0.210. The minimum Gasteiger partial charge on any atom is -0.323 e. The first-order chi connectivity index (χ1) is 4.06. The SMILES string of the molecule is CCC(N)(CC)C(N)Cl. The molecule has 0 heterocycles. The Labute approximate surface area is 61.5 Å². The summed E-state index contributed by atoms with van der Waals surface area (Å²) >= 11 is 5.64. The molecular weight excluding hydrogens is 136 g/mol. The van der Waals surface area contributed by atoms with Gasteiger partial charge in [0, 0.05) is 5.54 Å². The molecule has 0 aliphatic rings. The molecule has 3 heteroatoms. The molecule has 0 spiro atoms. The van der Waals surface area contributed by atoms with E-state index in [4.69, 9.17) is 23.1 Å². The Kier molecular flexibility index (Phi) is 3.48. The van der Waals surface area contributed by atoms with Gasteiger partial charge in [0.2, 0.25) is 0 Å². The molecule has 1 unspecified atom stereocenters. The van der Waals surface area contributed by atoms with E-state index in [-0.39, 0.29) is 5.54 Å². The largest absolute Gasteiger partial charge is 0.323 e. The maximum absolute atomic E-state index is 5.78. The summed E-state index contributed by atoms with van der Waals surface area (Å²) in [6.45, 7) is 3.98. The summed E-state index contributed by atoms with van der Waals surface area (Å²) in [4.78, 5) is 0. The minimum atomic E-state index is -0.424. The van der Waals surface area contributed by atoms with Gasteiger partial charge >= 0.3 is 0 Å². The van der Waals surface area contributed by atoms with Gasteiger partial charge in [-0.3, -0.25) is 0 Å². The second-order valence-electron chi connectivity index (χ2n) is 2.34. The maximum atomic E-state index is 5.78. The van der Waals surface area contributed by atoms with Gasteiger partial charge in [0.1, 0.15) is 0 Å². The molecule has 0 bridgehead atoms. The number of alkyl halides is 1. The van der Waals surface area contributed by atoms with Crippen LogP contribution in [0.15, 0.2) is 0 Å². The lowest BCUT2D eigenvalue weighted by Crippen LogP contribution is -2.51. The third kappa shape index (κ3) is 2.12. The zero-order chi connectivity index (χ0) is 7.49. The fraction of sp³-hybridized carbons (Fsp3) is 1.00. The lowest BCUT2D eigenvalue weighted by atomic mass is 9.94. The van der Waals surface area contributed by atoms with Gasteiger partial charge in [-0.25, -0.2) is 0 Å². The van der Waals surface area contributed by atoms with Crippen LogP contribution < -0.4 is 11.5 Å². The van der Waals surface area contributed by atoms with Crippen molar-refractivity contribution in [3.63, 3.8) is 0 Å².